The van der Waals surface area contributed by atoms with Crippen LogP contribution in [0.3, 0.4) is 0 Å². The van der Waals surface area contributed by atoms with Gasteiger partial charge in [0.05, 0.1) is 35.8 Å². The predicted molar refractivity (Wildman–Crippen MR) is 164 cm³/mol. The summed E-state index contributed by atoms with van der Waals surface area (Å²) >= 11 is 2.00. The normalized spacial score (nSPS) is 18.9. The van der Waals surface area contributed by atoms with Crippen LogP contribution < -0.4 is 24.6 Å². The maximum absolute atomic E-state index is 14.0. The van der Waals surface area contributed by atoms with E-state index in [1.807, 2.05) is 0 Å². The second-order valence-corrected chi connectivity index (χ2v) is 12.1. The van der Waals surface area contributed by atoms with Crippen molar-refractivity contribution in [2.75, 3.05) is 24.4 Å². The van der Waals surface area contributed by atoms with Crippen molar-refractivity contribution in [2.45, 2.75) is 22.7 Å². The zero-order valence-electron chi connectivity index (χ0n) is 23.3. The maximum Gasteiger partial charge on any atom is 0.308 e. The van der Waals surface area contributed by atoms with E-state index in [9.17, 15) is 29.3 Å². The third-order valence-corrected chi connectivity index (χ3v) is 10.1. The maximum atomic E-state index is 14.0. The summed E-state index contributed by atoms with van der Waals surface area (Å²) in [5, 5.41) is 13.4. The number of thiazole rings is 1. The summed E-state index contributed by atoms with van der Waals surface area (Å²) in [6, 6.07) is 19.0. The number of anilines is 2. The molecule has 1 saturated heterocycles. The van der Waals surface area contributed by atoms with Gasteiger partial charge in [-0.25, -0.2) is 4.90 Å². The molecule has 3 amide bonds. The smallest absolute Gasteiger partial charge is 0.308 e. The first-order chi connectivity index (χ1) is 21.2. The van der Waals surface area contributed by atoms with Gasteiger partial charge in [-0.05, 0) is 42.5 Å². The minimum absolute atomic E-state index is 0.175. The third-order valence-electron chi connectivity index (χ3n) is 7.52. The number of non-ortho nitro benzene ring substituents is 1. The van der Waals surface area contributed by atoms with Crippen molar-refractivity contribution in [3.8, 4) is 11.5 Å². The molecule has 1 N–H and O–H groups in total. The fraction of sp³-hybridized carbons (Fsp3) is 0.200. The molecule has 0 aliphatic carbocycles. The first kappa shape index (κ1) is 29.1. The molecule has 14 heteroatoms. The quantitative estimate of drug-likeness (QED) is 0.171. The van der Waals surface area contributed by atoms with Gasteiger partial charge in [0.25, 0.3) is 5.69 Å². The highest BCUT2D eigenvalue weighted by Crippen LogP contribution is 2.55. The fourth-order valence-electron chi connectivity index (χ4n) is 5.51. The van der Waals surface area contributed by atoms with Crippen molar-refractivity contribution in [1.29, 1.82) is 0 Å². The van der Waals surface area contributed by atoms with Crippen LogP contribution in [0.25, 0.3) is 0 Å². The second kappa shape index (κ2) is 11.6. The Morgan fingerprint density at radius 3 is 2.32 bits per heavy atom. The van der Waals surface area contributed by atoms with Gasteiger partial charge in [-0.1, -0.05) is 41.3 Å². The average Bonchev–Trinajstić information content (AvgIpc) is 3.47. The van der Waals surface area contributed by atoms with Crippen LogP contribution in [0, 0.1) is 16.0 Å². The monoisotopic (exact) mass is 632 g/mol. The molecule has 0 radical (unpaired) electrons. The van der Waals surface area contributed by atoms with E-state index in [1.54, 1.807) is 48.5 Å². The van der Waals surface area contributed by atoms with Crippen LogP contribution in [0.15, 0.2) is 82.6 Å². The Kier molecular flexibility index (Phi) is 7.69. The van der Waals surface area contributed by atoms with Crippen molar-refractivity contribution in [1.82, 2.24) is 4.57 Å². The second-order valence-electron chi connectivity index (χ2n) is 9.97. The number of para-hydroxylation sites is 1. The summed E-state index contributed by atoms with van der Waals surface area (Å²) in [4.78, 5) is 66.2. The summed E-state index contributed by atoms with van der Waals surface area (Å²) in [7, 11) is 3.03. The zero-order valence-corrected chi connectivity index (χ0v) is 24.9. The van der Waals surface area contributed by atoms with Crippen molar-refractivity contribution in [2.24, 2.45) is 5.92 Å². The van der Waals surface area contributed by atoms with E-state index in [0.717, 1.165) is 28.0 Å². The third kappa shape index (κ3) is 5.01. The van der Waals surface area contributed by atoms with Crippen LogP contribution in [-0.2, 0) is 20.9 Å². The van der Waals surface area contributed by atoms with E-state index in [0.29, 0.717) is 32.7 Å². The predicted octanol–water partition coefficient (Wildman–Crippen LogP) is 4.27. The van der Waals surface area contributed by atoms with E-state index in [-0.39, 0.29) is 17.9 Å². The van der Waals surface area contributed by atoms with Gasteiger partial charge in [0.15, 0.2) is 0 Å². The van der Waals surface area contributed by atoms with Crippen LogP contribution in [0.2, 0.25) is 0 Å². The summed E-state index contributed by atoms with van der Waals surface area (Å²) in [5.41, 5.74) is 1.17. The number of nitrogens with one attached hydrogen (secondary N) is 1. The van der Waals surface area contributed by atoms with E-state index in [4.69, 9.17) is 9.47 Å². The number of nitro groups is 1. The number of fused-ring (bicyclic) bond motifs is 2. The molecule has 3 heterocycles. The van der Waals surface area contributed by atoms with Crippen molar-refractivity contribution in [3.63, 3.8) is 0 Å². The largest absolute Gasteiger partial charge is 0.497 e. The molecule has 6 rings (SSSR count). The molecule has 12 nitrogen and oxygen atoms in total. The number of hydrogen-bond acceptors (Lipinski definition) is 10. The number of carbonyl (C=O) groups excluding carboxylic acids is 3. The van der Waals surface area contributed by atoms with Gasteiger partial charge >= 0.3 is 4.87 Å². The van der Waals surface area contributed by atoms with Crippen molar-refractivity contribution >= 4 is 57.9 Å². The Morgan fingerprint density at radius 2 is 1.66 bits per heavy atom. The Labute approximate surface area is 258 Å². The van der Waals surface area contributed by atoms with Gasteiger partial charge in [0.2, 0.25) is 17.7 Å². The van der Waals surface area contributed by atoms with Gasteiger partial charge in [-0.15, -0.1) is 0 Å². The Morgan fingerprint density at radius 1 is 0.955 bits per heavy atom. The molecule has 1 fully saturated rings. The summed E-state index contributed by atoms with van der Waals surface area (Å²) in [5.74, 6) is -1.98. The number of nitrogens with zero attached hydrogens (tertiary/aromatic N) is 3. The fourth-order valence-corrected chi connectivity index (χ4v) is 8.27. The van der Waals surface area contributed by atoms with E-state index < -0.39 is 44.6 Å². The zero-order chi connectivity index (χ0) is 31.1. The molecule has 1 aromatic heterocycles. The number of thioether (sulfide) groups is 1. The SMILES string of the molecule is COc1ccc(NC(=O)Cn2c3c(sc2=O)C(c2ccccc2OC)C2C(=O)N(c4ccc([N+](=O)[O-])cc4)C(=O)C2S3)cc1. The van der Waals surface area contributed by atoms with Gasteiger partial charge < -0.3 is 14.8 Å². The number of hydrogen-bond donors (Lipinski definition) is 1. The lowest BCUT2D eigenvalue weighted by atomic mass is 9.82. The van der Waals surface area contributed by atoms with Gasteiger partial charge in [-0.3, -0.25) is 33.9 Å². The molecule has 0 spiro atoms. The Bertz CT molecular complexity index is 1850. The molecule has 2 aliphatic heterocycles. The number of ether oxygens (including phenoxy) is 2. The van der Waals surface area contributed by atoms with E-state index in [2.05, 4.69) is 5.32 Å². The molecular formula is C30H24N4O8S2. The van der Waals surface area contributed by atoms with Crippen LogP contribution in [0.5, 0.6) is 11.5 Å². The molecule has 224 valence electrons. The molecule has 2 aliphatic rings. The summed E-state index contributed by atoms with van der Waals surface area (Å²) < 4.78 is 12.1. The van der Waals surface area contributed by atoms with E-state index in [1.165, 1.54) is 43.1 Å². The Hall–Kier alpha value is -4.95. The Balaban J connectivity index is 1.40. The highest BCUT2D eigenvalue weighted by Gasteiger charge is 2.57. The highest BCUT2D eigenvalue weighted by molar-refractivity contribution is 8.00. The van der Waals surface area contributed by atoms with Crippen LogP contribution in [-0.4, -0.2) is 46.7 Å². The molecule has 3 aromatic carbocycles. The summed E-state index contributed by atoms with van der Waals surface area (Å²) in [6.45, 7) is -0.312. The summed E-state index contributed by atoms with van der Waals surface area (Å²) in [6.07, 6.45) is 0. The van der Waals surface area contributed by atoms with Gasteiger partial charge in [0, 0.05) is 34.2 Å². The number of amides is 3. The molecule has 0 saturated carbocycles. The minimum atomic E-state index is -0.926. The number of imide groups is 1. The van der Waals surface area contributed by atoms with Gasteiger partial charge in [0.1, 0.15) is 23.3 Å². The van der Waals surface area contributed by atoms with Crippen LogP contribution in [0.1, 0.15) is 16.4 Å². The lowest BCUT2D eigenvalue weighted by molar-refractivity contribution is -0.384. The lowest BCUT2D eigenvalue weighted by Gasteiger charge is -2.31. The van der Waals surface area contributed by atoms with Gasteiger partial charge in [-0.2, -0.15) is 0 Å². The molecule has 0 bridgehead atoms. The van der Waals surface area contributed by atoms with Crippen LogP contribution in [0.4, 0.5) is 17.1 Å². The van der Waals surface area contributed by atoms with Crippen LogP contribution >= 0.6 is 23.1 Å². The van der Waals surface area contributed by atoms with E-state index >= 15 is 0 Å². The number of aromatic nitrogens is 1. The van der Waals surface area contributed by atoms with Crippen molar-refractivity contribution < 1.29 is 28.8 Å². The molecule has 3 unspecified atom stereocenters. The molecular weight excluding hydrogens is 608 g/mol. The average molecular weight is 633 g/mol. The standard InChI is InChI=1S/C30H24N4O8S2/c1-41-19-13-7-16(8-14-19)31-22(35)15-32-29-26(44-30(32)38)23(20-5-3-4-6-21(20)42-2)24-25(43-29)28(37)33(27(24)36)17-9-11-18(12-10-17)34(39)40/h3-14,23-25H,15H2,1-2H3,(H,31,35). The molecule has 44 heavy (non-hydrogen) atoms. The van der Waals surface area contributed by atoms with Crippen molar-refractivity contribution in [3.05, 3.63) is 103 Å². The number of methoxy groups -OCH3 is 2. The number of nitro benzene ring substituents is 1. The number of rotatable bonds is 8. The molecule has 4 aromatic rings. The lowest BCUT2D eigenvalue weighted by Crippen LogP contribution is -2.33. The molecule has 3 atom stereocenters. The topological polar surface area (TPSA) is 150 Å². The first-order valence-electron chi connectivity index (χ1n) is 13.3. The minimum Gasteiger partial charge on any atom is -0.497 e. The number of benzene rings is 3. The first-order valence-corrected chi connectivity index (χ1v) is 15.0. The number of carbonyl (C=O) groups is 3. The highest BCUT2D eigenvalue weighted by atomic mass is 32.2.